The van der Waals surface area contributed by atoms with Crippen LogP contribution in [0.15, 0.2) is 11.6 Å². The molecule has 2 heterocycles. The number of hydrogen-bond acceptors (Lipinski definition) is 3. The highest BCUT2D eigenvalue weighted by atomic mass is 16.2. The fraction of sp³-hybridized carbons (Fsp3) is 0.824. The van der Waals surface area contributed by atoms with Crippen LogP contribution in [0.25, 0.3) is 0 Å². The largest absolute Gasteiger partial charge is 0.343 e. The van der Waals surface area contributed by atoms with E-state index < -0.39 is 0 Å². The van der Waals surface area contributed by atoms with Gasteiger partial charge in [-0.1, -0.05) is 11.6 Å². The van der Waals surface area contributed by atoms with Gasteiger partial charge in [0.05, 0.1) is 0 Å². The summed E-state index contributed by atoms with van der Waals surface area (Å²) in [5.41, 5.74) is 1.41. The van der Waals surface area contributed by atoms with E-state index in [1.54, 1.807) is 6.92 Å². The van der Waals surface area contributed by atoms with Gasteiger partial charge in [-0.15, -0.1) is 0 Å². The molecule has 4 heteroatoms. The van der Waals surface area contributed by atoms with E-state index in [0.29, 0.717) is 12.1 Å². The molecule has 21 heavy (non-hydrogen) atoms. The lowest BCUT2D eigenvalue weighted by Crippen LogP contribution is -2.50. The van der Waals surface area contributed by atoms with Crippen molar-refractivity contribution >= 4 is 5.91 Å². The number of allylic oxidation sites excluding steroid dienone is 1. The van der Waals surface area contributed by atoms with Crippen LogP contribution in [0.1, 0.15) is 46.5 Å². The van der Waals surface area contributed by atoms with Gasteiger partial charge in [-0.05, 0) is 52.6 Å². The van der Waals surface area contributed by atoms with Crippen LogP contribution in [0, 0.1) is 0 Å². The lowest BCUT2D eigenvalue weighted by atomic mass is 9.99. The molecule has 0 unspecified atom stereocenters. The Kier molecular flexibility index (Phi) is 6.24. The van der Waals surface area contributed by atoms with Crippen molar-refractivity contribution in [1.29, 1.82) is 0 Å². The molecule has 1 N–H and O–H groups in total. The molecule has 0 bridgehead atoms. The SMILES string of the molecule is CC(=O)N1CCC(NC2CCN(CC=C(C)C)CC2)CC1. The van der Waals surface area contributed by atoms with Gasteiger partial charge in [0.15, 0.2) is 0 Å². The van der Waals surface area contributed by atoms with Crippen LogP contribution in [0.2, 0.25) is 0 Å². The first-order valence-corrected chi connectivity index (χ1v) is 8.42. The predicted molar refractivity (Wildman–Crippen MR) is 87.3 cm³/mol. The third kappa shape index (κ3) is 5.44. The van der Waals surface area contributed by atoms with E-state index in [4.69, 9.17) is 0 Å². The summed E-state index contributed by atoms with van der Waals surface area (Å²) in [6.45, 7) is 11.4. The molecule has 0 aliphatic carbocycles. The molecule has 0 spiro atoms. The van der Waals surface area contributed by atoms with Crippen LogP contribution < -0.4 is 5.32 Å². The number of carbonyl (C=O) groups is 1. The number of nitrogens with one attached hydrogen (secondary N) is 1. The van der Waals surface area contributed by atoms with Gasteiger partial charge in [-0.3, -0.25) is 9.69 Å². The summed E-state index contributed by atoms with van der Waals surface area (Å²) < 4.78 is 0. The van der Waals surface area contributed by atoms with Crippen molar-refractivity contribution < 1.29 is 4.79 Å². The Morgan fingerprint density at radius 1 is 1.00 bits per heavy atom. The minimum atomic E-state index is 0.223. The maximum Gasteiger partial charge on any atom is 0.219 e. The van der Waals surface area contributed by atoms with Crippen LogP contribution in [-0.4, -0.2) is 60.5 Å². The fourth-order valence-corrected chi connectivity index (χ4v) is 3.29. The molecule has 4 nitrogen and oxygen atoms in total. The third-order valence-electron chi connectivity index (χ3n) is 4.76. The number of rotatable bonds is 4. The molecule has 2 aliphatic rings. The van der Waals surface area contributed by atoms with Gasteiger partial charge in [0, 0.05) is 38.6 Å². The summed E-state index contributed by atoms with van der Waals surface area (Å²) in [5, 5.41) is 3.82. The average molecular weight is 293 g/mol. The molecule has 0 saturated carbocycles. The summed E-state index contributed by atoms with van der Waals surface area (Å²) >= 11 is 0. The molecular formula is C17H31N3O. The lowest BCUT2D eigenvalue weighted by molar-refractivity contribution is -0.129. The minimum absolute atomic E-state index is 0.223. The van der Waals surface area contributed by atoms with E-state index in [9.17, 15) is 4.79 Å². The zero-order chi connectivity index (χ0) is 15.2. The molecule has 2 rings (SSSR count). The molecule has 0 aromatic carbocycles. The Bertz CT molecular complexity index is 360. The topological polar surface area (TPSA) is 35.6 Å². The van der Waals surface area contributed by atoms with Crippen molar-refractivity contribution in [3.05, 3.63) is 11.6 Å². The highest BCUT2D eigenvalue weighted by molar-refractivity contribution is 5.73. The van der Waals surface area contributed by atoms with Crippen LogP contribution in [0.5, 0.6) is 0 Å². The van der Waals surface area contributed by atoms with E-state index in [1.165, 1.54) is 31.5 Å². The standard InChI is InChI=1S/C17H31N3O/c1-14(2)4-9-19-10-5-16(6-11-19)18-17-7-12-20(13-8-17)15(3)21/h4,16-18H,5-13H2,1-3H3. The smallest absolute Gasteiger partial charge is 0.219 e. The Labute approximate surface area is 129 Å². The van der Waals surface area contributed by atoms with Crippen molar-refractivity contribution in [2.45, 2.75) is 58.5 Å². The Morgan fingerprint density at radius 3 is 2.00 bits per heavy atom. The second-order valence-electron chi connectivity index (χ2n) is 6.80. The van der Waals surface area contributed by atoms with Crippen molar-refractivity contribution in [3.63, 3.8) is 0 Å². The Hall–Kier alpha value is -0.870. The maximum absolute atomic E-state index is 11.3. The zero-order valence-corrected chi connectivity index (χ0v) is 13.9. The summed E-state index contributed by atoms with van der Waals surface area (Å²) in [7, 11) is 0. The average Bonchev–Trinajstić information content (AvgIpc) is 2.47. The molecule has 0 radical (unpaired) electrons. The molecule has 1 amide bonds. The van der Waals surface area contributed by atoms with Gasteiger partial charge in [-0.25, -0.2) is 0 Å². The normalized spacial score (nSPS) is 22.3. The van der Waals surface area contributed by atoms with Crippen molar-refractivity contribution in [1.82, 2.24) is 15.1 Å². The molecule has 120 valence electrons. The number of likely N-dealkylation sites (tertiary alicyclic amines) is 2. The summed E-state index contributed by atoms with van der Waals surface area (Å²) in [4.78, 5) is 15.9. The monoisotopic (exact) mass is 293 g/mol. The molecule has 2 fully saturated rings. The summed E-state index contributed by atoms with van der Waals surface area (Å²) in [5.74, 6) is 0.223. The third-order valence-corrected chi connectivity index (χ3v) is 4.76. The van der Waals surface area contributed by atoms with Gasteiger partial charge in [-0.2, -0.15) is 0 Å². The lowest BCUT2D eigenvalue weighted by Gasteiger charge is -2.37. The van der Waals surface area contributed by atoms with Crippen LogP contribution in [-0.2, 0) is 4.79 Å². The minimum Gasteiger partial charge on any atom is -0.343 e. The predicted octanol–water partition coefficient (Wildman–Crippen LogP) is 2.02. The second kappa shape index (κ2) is 7.95. The van der Waals surface area contributed by atoms with E-state index in [1.807, 2.05) is 4.90 Å². The number of carbonyl (C=O) groups excluding carboxylic acids is 1. The van der Waals surface area contributed by atoms with E-state index in [-0.39, 0.29) is 5.91 Å². The number of hydrogen-bond donors (Lipinski definition) is 1. The fourth-order valence-electron chi connectivity index (χ4n) is 3.29. The highest BCUT2D eigenvalue weighted by Gasteiger charge is 2.25. The van der Waals surface area contributed by atoms with Gasteiger partial charge >= 0.3 is 0 Å². The number of nitrogens with zero attached hydrogens (tertiary/aromatic N) is 2. The molecule has 0 aromatic rings. The Morgan fingerprint density at radius 2 is 1.52 bits per heavy atom. The van der Waals surface area contributed by atoms with E-state index >= 15 is 0 Å². The van der Waals surface area contributed by atoms with E-state index in [0.717, 1.165) is 32.5 Å². The van der Waals surface area contributed by atoms with Crippen LogP contribution in [0.4, 0.5) is 0 Å². The quantitative estimate of drug-likeness (QED) is 0.806. The van der Waals surface area contributed by atoms with Gasteiger partial charge in [0.2, 0.25) is 5.91 Å². The zero-order valence-electron chi connectivity index (χ0n) is 13.9. The molecular weight excluding hydrogens is 262 g/mol. The second-order valence-corrected chi connectivity index (χ2v) is 6.80. The number of piperidine rings is 2. The molecule has 2 aliphatic heterocycles. The Balaban J connectivity index is 1.65. The highest BCUT2D eigenvalue weighted by Crippen LogP contribution is 2.16. The van der Waals surface area contributed by atoms with E-state index in [2.05, 4.69) is 30.1 Å². The van der Waals surface area contributed by atoms with Crippen LogP contribution >= 0.6 is 0 Å². The first-order valence-electron chi connectivity index (χ1n) is 8.42. The number of amides is 1. The van der Waals surface area contributed by atoms with Gasteiger partial charge in [0.25, 0.3) is 0 Å². The molecule has 0 atom stereocenters. The first kappa shape index (κ1) is 16.5. The first-order chi connectivity index (χ1) is 10.0. The molecule has 2 saturated heterocycles. The van der Waals surface area contributed by atoms with Gasteiger partial charge in [0.1, 0.15) is 0 Å². The van der Waals surface area contributed by atoms with Crippen molar-refractivity contribution in [3.8, 4) is 0 Å². The van der Waals surface area contributed by atoms with Gasteiger partial charge < -0.3 is 10.2 Å². The van der Waals surface area contributed by atoms with Crippen molar-refractivity contribution in [2.24, 2.45) is 0 Å². The van der Waals surface area contributed by atoms with Crippen molar-refractivity contribution in [2.75, 3.05) is 32.7 Å². The summed E-state index contributed by atoms with van der Waals surface area (Å²) in [6, 6.07) is 1.27. The summed E-state index contributed by atoms with van der Waals surface area (Å²) in [6.07, 6.45) is 7.05. The van der Waals surface area contributed by atoms with Crippen LogP contribution in [0.3, 0.4) is 0 Å². The maximum atomic E-state index is 11.3. The molecule has 0 aromatic heterocycles.